The monoisotopic (exact) mass is 410 g/mol. The van der Waals surface area contributed by atoms with Crippen LogP contribution in [0.2, 0.25) is 5.02 Å². The van der Waals surface area contributed by atoms with Gasteiger partial charge in [-0.1, -0.05) is 17.7 Å². The lowest BCUT2D eigenvalue weighted by molar-refractivity contribution is 0.0955. The van der Waals surface area contributed by atoms with Crippen LogP contribution >= 0.6 is 27.5 Å². The lowest BCUT2D eigenvalue weighted by Gasteiger charge is -2.08. The zero-order valence-electron chi connectivity index (χ0n) is 13.1. The van der Waals surface area contributed by atoms with E-state index in [0.717, 1.165) is 5.56 Å². The average Bonchev–Trinajstić information content (AvgIpc) is 2.52. The first-order valence-electron chi connectivity index (χ1n) is 7.17. The zero-order valence-corrected chi connectivity index (χ0v) is 15.5. The standard InChI is InChI=1S/C17H16BrClN2O3/c1-3-24-15-8-11(7-13(18)16(15)22)9-20-21-17(23)12-5-4-10(2)6-14(12)19/h4-9,22H,3H2,1-2H3,(H,21,23)/b20-9-. The van der Waals surface area contributed by atoms with Gasteiger partial charge in [-0.25, -0.2) is 5.43 Å². The van der Waals surface area contributed by atoms with Crippen LogP contribution in [-0.2, 0) is 0 Å². The van der Waals surface area contributed by atoms with Crippen molar-refractivity contribution in [3.05, 3.63) is 56.5 Å². The van der Waals surface area contributed by atoms with Crippen molar-refractivity contribution in [2.45, 2.75) is 13.8 Å². The molecule has 7 heteroatoms. The summed E-state index contributed by atoms with van der Waals surface area (Å²) in [6.07, 6.45) is 1.45. The van der Waals surface area contributed by atoms with E-state index < -0.39 is 5.91 Å². The van der Waals surface area contributed by atoms with E-state index in [-0.39, 0.29) is 5.75 Å². The number of nitrogens with one attached hydrogen (secondary N) is 1. The Morgan fingerprint density at radius 2 is 2.17 bits per heavy atom. The quantitative estimate of drug-likeness (QED) is 0.570. The SMILES string of the molecule is CCOc1cc(/C=N\NC(=O)c2ccc(C)cc2Cl)cc(Br)c1O. The number of hydrazone groups is 1. The van der Waals surface area contributed by atoms with E-state index in [9.17, 15) is 9.90 Å². The molecule has 0 heterocycles. The maximum Gasteiger partial charge on any atom is 0.272 e. The van der Waals surface area contributed by atoms with E-state index in [1.165, 1.54) is 6.21 Å². The summed E-state index contributed by atoms with van der Waals surface area (Å²) in [6.45, 7) is 4.13. The van der Waals surface area contributed by atoms with Crippen molar-refractivity contribution >= 4 is 39.7 Å². The summed E-state index contributed by atoms with van der Waals surface area (Å²) in [6, 6.07) is 8.44. The molecule has 0 atom stereocenters. The molecule has 0 radical (unpaired) electrons. The van der Waals surface area contributed by atoms with Crippen LogP contribution in [0.5, 0.6) is 11.5 Å². The van der Waals surface area contributed by atoms with Crippen LogP contribution in [0.15, 0.2) is 39.9 Å². The van der Waals surface area contributed by atoms with Gasteiger partial charge in [0, 0.05) is 0 Å². The number of aromatic hydroxyl groups is 1. The van der Waals surface area contributed by atoms with Crippen LogP contribution in [0, 0.1) is 6.92 Å². The van der Waals surface area contributed by atoms with Gasteiger partial charge in [0.2, 0.25) is 0 Å². The van der Waals surface area contributed by atoms with Crippen LogP contribution in [-0.4, -0.2) is 23.8 Å². The average molecular weight is 412 g/mol. The third-order valence-electron chi connectivity index (χ3n) is 3.10. The van der Waals surface area contributed by atoms with Gasteiger partial charge in [0.05, 0.1) is 27.9 Å². The Labute approximate surface area is 153 Å². The van der Waals surface area contributed by atoms with E-state index in [4.69, 9.17) is 16.3 Å². The van der Waals surface area contributed by atoms with Crippen molar-refractivity contribution in [1.29, 1.82) is 0 Å². The van der Waals surface area contributed by atoms with Crippen LogP contribution < -0.4 is 10.2 Å². The van der Waals surface area contributed by atoms with Gasteiger partial charge in [-0.3, -0.25) is 4.79 Å². The molecule has 0 aromatic heterocycles. The van der Waals surface area contributed by atoms with Crippen molar-refractivity contribution in [3.63, 3.8) is 0 Å². The number of hydrogen-bond donors (Lipinski definition) is 2. The summed E-state index contributed by atoms with van der Waals surface area (Å²) >= 11 is 9.30. The first kappa shape index (κ1) is 18.3. The molecule has 2 rings (SSSR count). The highest BCUT2D eigenvalue weighted by molar-refractivity contribution is 9.10. The Kier molecular flexibility index (Phi) is 6.23. The smallest absolute Gasteiger partial charge is 0.272 e. The van der Waals surface area contributed by atoms with Crippen LogP contribution in [0.3, 0.4) is 0 Å². The minimum absolute atomic E-state index is 0.0180. The maximum absolute atomic E-state index is 12.1. The lowest BCUT2D eigenvalue weighted by atomic mass is 10.1. The minimum Gasteiger partial charge on any atom is -0.503 e. The van der Waals surface area contributed by atoms with E-state index in [0.29, 0.717) is 33.0 Å². The van der Waals surface area contributed by atoms with Gasteiger partial charge >= 0.3 is 0 Å². The molecule has 0 unspecified atom stereocenters. The molecule has 0 bridgehead atoms. The number of ether oxygens (including phenoxy) is 1. The molecule has 2 N–H and O–H groups in total. The van der Waals surface area contributed by atoms with Gasteiger partial charge in [0.15, 0.2) is 11.5 Å². The second-order valence-electron chi connectivity index (χ2n) is 4.96. The highest BCUT2D eigenvalue weighted by Gasteiger charge is 2.10. The predicted octanol–water partition coefficient (Wildman–Crippen LogP) is 4.28. The molecule has 0 aliphatic heterocycles. The molecule has 126 valence electrons. The maximum atomic E-state index is 12.1. The Bertz CT molecular complexity index is 794. The first-order chi connectivity index (χ1) is 11.4. The molecule has 2 aromatic rings. The molecule has 1 amide bonds. The summed E-state index contributed by atoms with van der Waals surface area (Å²) in [5.74, 6) is -0.0511. The van der Waals surface area contributed by atoms with Crippen molar-refractivity contribution in [3.8, 4) is 11.5 Å². The van der Waals surface area contributed by atoms with Gasteiger partial charge < -0.3 is 9.84 Å². The normalized spacial score (nSPS) is 10.8. The summed E-state index contributed by atoms with van der Waals surface area (Å²) in [5, 5.41) is 14.1. The molecule has 0 saturated heterocycles. The predicted molar refractivity (Wildman–Crippen MR) is 98.2 cm³/mol. The highest BCUT2D eigenvalue weighted by Crippen LogP contribution is 2.35. The number of aryl methyl sites for hydroxylation is 1. The highest BCUT2D eigenvalue weighted by atomic mass is 79.9. The number of nitrogens with zero attached hydrogens (tertiary/aromatic N) is 1. The molecule has 0 aliphatic carbocycles. The molecule has 0 aliphatic rings. The fourth-order valence-corrected chi connectivity index (χ4v) is 2.74. The fourth-order valence-electron chi connectivity index (χ4n) is 1.96. The van der Waals surface area contributed by atoms with E-state index in [1.54, 1.807) is 30.3 Å². The third kappa shape index (κ3) is 4.49. The number of phenolic OH excluding ortho intramolecular Hbond substituents is 1. The third-order valence-corrected chi connectivity index (χ3v) is 4.02. The minimum atomic E-state index is -0.404. The summed E-state index contributed by atoms with van der Waals surface area (Å²) in [5.41, 5.74) is 4.39. The van der Waals surface area contributed by atoms with Gasteiger partial charge in [-0.2, -0.15) is 5.10 Å². The first-order valence-corrected chi connectivity index (χ1v) is 8.34. The summed E-state index contributed by atoms with van der Waals surface area (Å²) < 4.78 is 5.81. The zero-order chi connectivity index (χ0) is 17.7. The number of carbonyl (C=O) groups is 1. The summed E-state index contributed by atoms with van der Waals surface area (Å²) in [7, 11) is 0. The van der Waals surface area contributed by atoms with Crippen molar-refractivity contribution in [2.24, 2.45) is 5.10 Å². The number of rotatable bonds is 5. The molecule has 0 fully saturated rings. The van der Waals surface area contributed by atoms with Gasteiger partial charge in [-0.05, 0) is 65.2 Å². The van der Waals surface area contributed by atoms with Gasteiger partial charge in [0.1, 0.15) is 0 Å². The number of phenols is 1. The molecule has 5 nitrogen and oxygen atoms in total. The molecule has 0 saturated carbocycles. The van der Waals surface area contributed by atoms with Crippen LogP contribution in [0.4, 0.5) is 0 Å². The van der Waals surface area contributed by atoms with Crippen molar-refractivity contribution < 1.29 is 14.6 Å². The second kappa shape index (κ2) is 8.17. The van der Waals surface area contributed by atoms with Crippen LogP contribution in [0.1, 0.15) is 28.4 Å². The topological polar surface area (TPSA) is 70.9 Å². The number of halogens is 2. The fraction of sp³-hybridized carbons (Fsp3) is 0.176. The number of amides is 1. The molecule has 2 aromatic carbocycles. The molecule has 0 spiro atoms. The number of carbonyl (C=O) groups excluding carboxylic acids is 1. The van der Waals surface area contributed by atoms with E-state index >= 15 is 0 Å². The largest absolute Gasteiger partial charge is 0.503 e. The Hall–Kier alpha value is -2.05. The van der Waals surface area contributed by atoms with E-state index in [2.05, 4.69) is 26.5 Å². The molecular weight excluding hydrogens is 396 g/mol. The Morgan fingerprint density at radius 1 is 1.42 bits per heavy atom. The van der Waals surface area contributed by atoms with E-state index in [1.807, 2.05) is 13.8 Å². The Morgan fingerprint density at radius 3 is 2.83 bits per heavy atom. The Balaban J connectivity index is 2.12. The number of hydrogen-bond acceptors (Lipinski definition) is 4. The summed E-state index contributed by atoms with van der Waals surface area (Å²) in [4.78, 5) is 12.1. The van der Waals surface area contributed by atoms with Gasteiger partial charge in [0.25, 0.3) is 5.91 Å². The lowest BCUT2D eigenvalue weighted by Crippen LogP contribution is -2.18. The van der Waals surface area contributed by atoms with Gasteiger partial charge in [-0.15, -0.1) is 0 Å². The molecule has 24 heavy (non-hydrogen) atoms. The van der Waals surface area contributed by atoms with Crippen LogP contribution in [0.25, 0.3) is 0 Å². The second-order valence-corrected chi connectivity index (χ2v) is 6.23. The van der Waals surface area contributed by atoms with Crippen molar-refractivity contribution in [1.82, 2.24) is 5.43 Å². The molecular formula is C17H16BrClN2O3. The number of benzene rings is 2. The van der Waals surface area contributed by atoms with Crippen molar-refractivity contribution in [2.75, 3.05) is 6.61 Å².